The molecular weight excluding hydrogens is 1800 g/mol. The van der Waals surface area contributed by atoms with Gasteiger partial charge in [0.1, 0.15) is 72.7 Å². The molecule has 146 heavy (non-hydrogen) atoms. The first kappa shape index (κ1) is 98.4. The number of rotatable bonds is 32. The highest BCUT2D eigenvalue weighted by atomic mass is 16.5. The van der Waals surface area contributed by atoms with Crippen molar-refractivity contribution in [3.63, 3.8) is 0 Å². The van der Waals surface area contributed by atoms with Gasteiger partial charge in [0, 0.05) is 196 Å². The Labute approximate surface area is 858 Å². The highest BCUT2D eigenvalue weighted by Crippen LogP contribution is 2.38. The van der Waals surface area contributed by atoms with E-state index >= 15 is 0 Å². The first-order chi connectivity index (χ1) is 72.0. The van der Waals surface area contributed by atoms with Gasteiger partial charge < -0.3 is 58.5 Å². The first-order valence-corrected chi connectivity index (χ1v) is 51.0. The second kappa shape index (κ2) is 49.6. The zero-order chi connectivity index (χ0) is 99.2. The molecule has 18 aromatic rings. The third-order valence-corrected chi connectivity index (χ3v) is 27.0. The van der Waals surface area contributed by atoms with E-state index in [0.717, 1.165) is 267 Å². The first-order valence-electron chi connectivity index (χ1n) is 51.0. The molecule has 0 bridgehead atoms. The lowest BCUT2D eigenvalue weighted by molar-refractivity contribution is 0.244. The van der Waals surface area contributed by atoms with Gasteiger partial charge in [-0.25, -0.2) is 19.9 Å². The summed E-state index contributed by atoms with van der Waals surface area (Å²) in [6.45, 7) is 32.8. The number of nitrogens with zero attached hydrogens (tertiary/aromatic N) is 12. The number of piperazine rings is 4. The lowest BCUT2D eigenvalue weighted by Crippen LogP contribution is -2.46. The van der Waals surface area contributed by atoms with Crippen LogP contribution in [0, 0.1) is 13.8 Å². The van der Waals surface area contributed by atoms with Gasteiger partial charge in [0.05, 0.1) is 71.7 Å². The van der Waals surface area contributed by atoms with Crippen LogP contribution in [0.15, 0.2) is 414 Å². The maximum atomic E-state index is 6.14. The number of aromatic nitrogens is 8. The van der Waals surface area contributed by atoms with Crippen LogP contribution < -0.4 is 38.5 Å². The van der Waals surface area contributed by atoms with E-state index in [2.05, 4.69) is 408 Å². The second-order valence-electron chi connectivity index (χ2n) is 37.3. The molecule has 736 valence electrons. The van der Waals surface area contributed by atoms with Gasteiger partial charge in [0.2, 0.25) is 0 Å². The van der Waals surface area contributed by atoms with Gasteiger partial charge in [-0.15, -0.1) is 0 Å². The van der Waals surface area contributed by atoms with E-state index < -0.39 is 0 Å². The molecule has 0 spiro atoms. The molecule has 4 aromatic heterocycles. The van der Waals surface area contributed by atoms with Gasteiger partial charge >= 0.3 is 0 Å². The van der Waals surface area contributed by atoms with E-state index in [1.807, 2.05) is 66.7 Å². The molecule has 4 aliphatic heterocycles. The van der Waals surface area contributed by atoms with Crippen molar-refractivity contribution in [2.75, 3.05) is 138 Å². The Bertz CT molecular complexity index is 6710. The van der Waals surface area contributed by atoms with E-state index in [1.54, 1.807) is 12.2 Å². The molecule has 20 heteroatoms. The molecule has 14 aromatic carbocycles. The number of aryl methyl sites for hydroxylation is 2. The molecular formula is C126H128N16O4. The number of nitrogens with one attached hydrogen (secondary N) is 4. The minimum absolute atomic E-state index is 0.524. The smallest absolute Gasteiger partial charge is 0.121 e. The molecule has 0 radical (unpaired) electrons. The molecule has 0 saturated carbocycles. The van der Waals surface area contributed by atoms with E-state index in [0.29, 0.717) is 26.4 Å². The predicted molar refractivity (Wildman–Crippen MR) is 596 cm³/mol. The predicted octanol–water partition coefficient (Wildman–Crippen LogP) is 25.2. The number of ether oxygens (including phenoxy) is 4. The van der Waals surface area contributed by atoms with Crippen LogP contribution in [-0.2, 0) is 39.4 Å². The molecule has 0 unspecified atom stereocenters. The van der Waals surface area contributed by atoms with Crippen LogP contribution in [0.5, 0.6) is 23.0 Å². The highest BCUT2D eigenvalue weighted by Gasteiger charge is 2.28. The lowest BCUT2D eigenvalue weighted by Gasteiger charge is -2.35. The normalized spacial score (nSPS) is 14.0. The summed E-state index contributed by atoms with van der Waals surface area (Å²) < 4.78 is 23.7. The van der Waals surface area contributed by atoms with Crippen LogP contribution in [0.3, 0.4) is 0 Å². The summed E-state index contributed by atoms with van der Waals surface area (Å²) in [5.74, 6) is 7.62. The zero-order valence-electron chi connectivity index (χ0n) is 83.5. The average Bonchev–Trinajstić information content (AvgIpc) is 1.66. The molecule has 0 atom stereocenters. The van der Waals surface area contributed by atoms with Crippen molar-refractivity contribution in [1.29, 1.82) is 0 Å². The van der Waals surface area contributed by atoms with Crippen LogP contribution in [0.1, 0.15) is 45.6 Å². The Morgan fingerprint density at radius 1 is 0.247 bits per heavy atom. The fraction of sp³-hybridized carbons (Fsp3) is 0.206. The third-order valence-electron chi connectivity index (χ3n) is 27.0. The van der Waals surface area contributed by atoms with Crippen molar-refractivity contribution < 1.29 is 18.9 Å². The van der Waals surface area contributed by atoms with Crippen molar-refractivity contribution in [2.45, 2.75) is 53.2 Å². The fourth-order valence-electron chi connectivity index (χ4n) is 19.3. The van der Waals surface area contributed by atoms with Crippen LogP contribution in [0.2, 0.25) is 0 Å². The summed E-state index contributed by atoms with van der Waals surface area (Å²) >= 11 is 0. The Hall–Kier alpha value is -16.4. The summed E-state index contributed by atoms with van der Waals surface area (Å²) in [7, 11) is 0. The Morgan fingerprint density at radius 3 is 0.760 bits per heavy atom. The monoisotopic (exact) mass is 1930 g/mol. The number of H-pyrrole nitrogens is 4. The number of hydrogen-bond acceptors (Lipinski definition) is 16. The molecule has 20 nitrogen and oxygen atoms in total. The van der Waals surface area contributed by atoms with Crippen LogP contribution in [0.4, 0.5) is 22.7 Å². The highest BCUT2D eigenvalue weighted by molar-refractivity contribution is 5.82. The Kier molecular flexibility index (Phi) is 33.4. The van der Waals surface area contributed by atoms with Gasteiger partial charge in [-0.3, -0.25) is 19.6 Å². The summed E-state index contributed by atoms with van der Waals surface area (Å²) in [5.41, 5.74) is 27.3. The van der Waals surface area contributed by atoms with Gasteiger partial charge in [-0.2, -0.15) is 0 Å². The zero-order valence-corrected chi connectivity index (χ0v) is 83.5. The maximum Gasteiger partial charge on any atom is 0.121 e. The Morgan fingerprint density at radius 2 is 0.493 bits per heavy atom. The van der Waals surface area contributed by atoms with Crippen molar-refractivity contribution >= 4 is 22.7 Å². The van der Waals surface area contributed by atoms with Gasteiger partial charge in [0.15, 0.2) is 0 Å². The lowest BCUT2D eigenvalue weighted by atomic mass is 10.1. The molecule has 0 amide bonds. The van der Waals surface area contributed by atoms with E-state index in [9.17, 15) is 0 Å². The Balaban J connectivity index is 0.000000123. The minimum atomic E-state index is 0.524. The molecule has 4 saturated heterocycles. The van der Waals surface area contributed by atoms with Crippen molar-refractivity contribution in [2.24, 2.45) is 0 Å². The summed E-state index contributed by atoms with van der Waals surface area (Å²) in [5, 5.41) is 0. The molecule has 8 heterocycles. The van der Waals surface area contributed by atoms with E-state index in [4.69, 9.17) is 38.9 Å². The largest absolute Gasteiger partial charge is 0.489 e. The standard InChI is InChI=1S/2C34H34N4O.2C29H30N4O/c1-26-10-8-11-27(22-26)25-39-31-17-9-16-30(23-31)38-20-18-37(19-21-38)24-32-35-33(28-12-4-2-5-13-28)34(36-32)29-14-6-3-7-15-29;1-26-11-8-9-16-29(26)25-39-31-18-10-17-30(23-31)38-21-19-37(20-22-38)24-32-35-33(27-12-4-2-5-13-27)34(36-32)28-14-6-3-7-15-28;2*1-2-20-34-26-15-9-14-25(21-26)33-18-16-32(17-19-33)22-27-30-28(23-10-5-3-6-11-23)29(31-27)24-12-7-4-8-13-24/h2-17,22-23H,18-21,24-25H2,1H3,(H,35,36);2-18,23H,19-22,24-25H2,1H3,(H,35,36);2*2-15,21H,1,16-20,22H2,(H,30,31). The summed E-state index contributed by atoms with van der Waals surface area (Å²) in [6, 6.07) is 134. The maximum absolute atomic E-state index is 6.14. The molecule has 4 fully saturated rings. The number of aromatic amines is 4. The third kappa shape index (κ3) is 26.4. The average molecular weight is 1930 g/mol. The molecule has 4 N–H and O–H groups in total. The van der Waals surface area contributed by atoms with E-state index in [1.165, 1.54) is 45.0 Å². The summed E-state index contributed by atoms with van der Waals surface area (Å²) in [6.07, 6.45) is 3.54. The van der Waals surface area contributed by atoms with Crippen molar-refractivity contribution in [1.82, 2.24) is 59.5 Å². The minimum Gasteiger partial charge on any atom is -0.489 e. The SMILES string of the molecule is C=CCOc1cccc(N2CCN(Cc3nc(-c4ccccc4)c(-c4ccccc4)[nH]3)CC2)c1.C=CCOc1cccc(N2CCN(Cc3nc(-c4ccccc4)c(-c4ccccc4)[nH]3)CC2)c1.Cc1cccc(COc2cccc(N3CCN(Cc4nc(-c5ccccc5)c(-c5ccccc5)[nH]4)CC3)c2)c1.Cc1ccccc1COc1cccc(N2CCN(Cc3nc(-c4ccccc4)c(-c4ccccc4)[nH]3)CC2)c1. The second-order valence-corrected chi connectivity index (χ2v) is 37.3. The number of benzene rings is 14. The van der Waals surface area contributed by atoms with E-state index in [-0.39, 0.29) is 0 Å². The molecule has 0 aliphatic carbocycles. The summed E-state index contributed by atoms with van der Waals surface area (Å²) in [4.78, 5) is 54.4. The topological polar surface area (TPSA) is 178 Å². The molecule has 22 rings (SSSR count). The quantitative estimate of drug-likeness (QED) is 0.0293. The van der Waals surface area contributed by atoms with Crippen molar-refractivity contribution in [3.05, 3.63) is 459 Å². The van der Waals surface area contributed by atoms with Gasteiger partial charge in [0.25, 0.3) is 0 Å². The van der Waals surface area contributed by atoms with Crippen molar-refractivity contribution in [3.8, 4) is 113 Å². The fourth-order valence-corrected chi connectivity index (χ4v) is 19.3. The van der Waals surface area contributed by atoms with Crippen LogP contribution in [0.25, 0.3) is 90.1 Å². The number of anilines is 4. The van der Waals surface area contributed by atoms with Crippen LogP contribution >= 0.6 is 0 Å². The number of hydrogen-bond donors (Lipinski definition) is 4. The molecule has 4 aliphatic rings. The van der Waals surface area contributed by atoms with Gasteiger partial charge in [-0.1, -0.05) is 346 Å². The van der Waals surface area contributed by atoms with Gasteiger partial charge in [-0.05, 0) is 79.1 Å². The number of imidazole rings is 4. The van der Waals surface area contributed by atoms with Crippen LogP contribution in [-0.4, -0.2) is 177 Å².